The van der Waals surface area contributed by atoms with Crippen LogP contribution in [0.5, 0.6) is 5.75 Å². The largest absolute Gasteiger partial charge is 0.508 e. The highest BCUT2D eigenvalue weighted by atomic mass is 19.1. The molecule has 0 radical (unpaired) electrons. The summed E-state index contributed by atoms with van der Waals surface area (Å²) in [6.45, 7) is 3.71. The molecule has 1 atom stereocenters. The fraction of sp³-hybridized carbons (Fsp3) is 0.208. The van der Waals surface area contributed by atoms with Crippen LogP contribution in [0.3, 0.4) is 0 Å². The second kappa shape index (κ2) is 8.05. The van der Waals surface area contributed by atoms with Crippen molar-refractivity contribution in [1.29, 1.82) is 0 Å². The van der Waals surface area contributed by atoms with Crippen molar-refractivity contribution in [2.45, 2.75) is 13.0 Å². The number of hydrogen-bond acceptors (Lipinski definition) is 5. The first-order valence-electron chi connectivity index (χ1n) is 10.4. The number of aromatic nitrogens is 3. The predicted octanol–water partition coefficient (Wildman–Crippen LogP) is 3.56. The van der Waals surface area contributed by atoms with E-state index < -0.39 is 5.82 Å². The van der Waals surface area contributed by atoms with Gasteiger partial charge < -0.3 is 15.3 Å². The number of benzene rings is 2. The van der Waals surface area contributed by atoms with E-state index in [2.05, 4.69) is 20.5 Å². The Morgan fingerprint density at radius 3 is 2.78 bits per heavy atom. The second-order valence-corrected chi connectivity index (χ2v) is 7.90. The third-order valence-electron chi connectivity index (χ3n) is 5.85. The van der Waals surface area contributed by atoms with E-state index in [9.17, 15) is 14.3 Å². The first-order chi connectivity index (χ1) is 15.5. The summed E-state index contributed by atoms with van der Waals surface area (Å²) < 4.78 is 14.6. The van der Waals surface area contributed by atoms with Gasteiger partial charge in [-0.15, -0.1) is 0 Å². The first kappa shape index (κ1) is 20.1. The zero-order valence-corrected chi connectivity index (χ0v) is 17.5. The minimum Gasteiger partial charge on any atom is -0.508 e. The lowest BCUT2D eigenvalue weighted by Gasteiger charge is -2.36. The molecule has 1 amide bonds. The number of carbonyl (C=O) groups excluding carboxylic acids is 1. The van der Waals surface area contributed by atoms with E-state index in [1.165, 1.54) is 12.1 Å². The maximum Gasteiger partial charge on any atom is 0.255 e. The number of H-pyrrole nitrogens is 1. The van der Waals surface area contributed by atoms with Gasteiger partial charge in [0.1, 0.15) is 11.6 Å². The molecular weight excluding hydrogens is 409 g/mol. The number of nitrogens with zero attached hydrogens (tertiary/aromatic N) is 3. The number of hydrogen-bond donors (Lipinski definition) is 3. The van der Waals surface area contributed by atoms with Crippen LogP contribution in [0.15, 0.2) is 54.6 Å². The van der Waals surface area contributed by atoms with Crippen molar-refractivity contribution >= 4 is 16.9 Å². The van der Waals surface area contributed by atoms with Gasteiger partial charge in [-0.2, -0.15) is 5.10 Å². The van der Waals surface area contributed by atoms with Gasteiger partial charge in [0.25, 0.3) is 5.91 Å². The standard InChI is InChI=1S/C24H22FN5O2/c1-14-22-18(24(32)30-10-9-26-13-21(30)15-5-3-2-4-6-15)12-20(27-23(22)29-28-14)17-8-7-16(31)11-19(17)25/h2-8,11-12,21,26,31H,9-10,13H2,1H3,(H,27,28,29)/t21-/m0/s1. The fourth-order valence-corrected chi connectivity index (χ4v) is 4.27. The van der Waals surface area contributed by atoms with E-state index in [1.54, 1.807) is 6.07 Å². The number of aromatic hydroxyl groups is 1. The van der Waals surface area contributed by atoms with Gasteiger partial charge in [0.15, 0.2) is 5.65 Å². The highest BCUT2D eigenvalue weighted by Gasteiger charge is 2.31. The minimum atomic E-state index is -0.619. The Hall–Kier alpha value is -3.78. The Balaban J connectivity index is 1.63. The van der Waals surface area contributed by atoms with Crippen molar-refractivity contribution in [2.75, 3.05) is 19.6 Å². The predicted molar refractivity (Wildman–Crippen MR) is 119 cm³/mol. The zero-order valence-electron chi connectivity index (χ0n) is 17.5. The highest BCUT2D eigenvalue weighted by molar-refractivity contribution is 6.07. The molecule has 0 bridgehead atoms. The van der Waals surface area contributed by atoms with Crippen molar-refractivity contribution in [3.63, 3.8) is 0 Å². The third-order valence-corrected chi connectivity index (χ3v) is 5.85. The number of piperazine rings is 1. The van der Waals surface area contributed by atoms with Gasteiger partial charge in [-0.1, -0.05) is 30.3 Å². The van der Waals surface area contributed by atoms with Crippen molar-refractivity contribution in [3.8, 4) is 17.0 Å². The van der Waals surface area contributed by atoms with E-state index in [0.717, 1.165) is 17.3 Å². The molecule has 8 heteroatoms. The maximum atomic E-state index is 14.6. The maximum absolute atomic E-state index is 14.6. The molecule has 1 aliphatic heterocycles. The van der Waals surface area contributed by atoms with Crippen LogP contribution in [0.1, 0.15) is 27.7 Å². The van der Waals surface area contributed by atoms with Gasteiger partial charge in [0, 0.05) is 37.0 Å². The average Bonchev–Trinajstić information content (AvgIpc) is 3.19. The van der Waals surface area contributed by atoms with Gasteiger partial charge in [-0.05, 0) is 30.7 Å². The van der Waals surface area contributed by atoms with Gasteiger partial charge in [0.05, 0.1) is 22.7 Å². The van der Waals surface area contributed by atoms with E-state index in [4.69, 9.17) is 0 Å². The summed E-state index contributed by atoms with van der Waals surface area (Å²) in [5, 5.41) is 20.7. The van der Waals surface area contributed by atoms with E-state index in [0.29, 0.717) is 36.2 Å². The molecule has 1 saturated heterocycles. The van der Waals surface area contributed by atoms with E-state index in [-0.39, 0.29) is 29.0 Å². The Labute approximate surface area is 183 Å². The molecule has 5 rings (SSSR count). The number of halogens is 1. The van der Waals surface area contributed by atoms with Crippen LogP contribution in [0.2, 0.25) is 0 Å². The molecule has 2 aromatic carbocycles. The lowest BCUT2D eigenvalue weighted by molar-refractivity contribution is 0.0636. The molecule has 4 aromatic rings. The molecule has 0 aliphatic carbocycles. The molecular formula is C24H22FN5O2. The van der Waals surface area contributed by atoms with Crippen LogP contribution < -0.4 is 5.32 Å². The number of phenols is 1. The Morgan fingerprint density at radius 1 is 1.19 bits per heavy atom. The highest BCUT2D eigenvalue weighted by Crippen LogP contribution is 2.32. The molecule has 1 fully saturated rings. The molecule has 3 heterocycles. The van der Waals surface area contributed by atoms with Gasteiger partial charge in [-0.3, -0.25) is 9.89 Å². The van der Waals surface area contributed by atoms with Crippen LogP contribution >= 0.6 is 0 Å². The monoisotopic (exact) mass is 431 g/mol. The molecule has 0 saturated carbocycles. The number of fused-ring (bicyclic) bond motifs is 1. The SMILES string of the molecule is Cc1[nH]nc2nc(-c3ccc(O)cc3F)cc(C(=O)N3CCNC[C@H]3c3ccccc3)c12. The van der Waals surface area contributed by atoms with Crippen LogP contribution in [0.25, 0.3) is 22.3 Å². The summed E-state index contributed by atoms with van der Waals surface area (Å²) in [5.41, 5.74) is 3.02. The van der Waals surface area contributed by atoms with Crippen LogP contribution in [0, 0.1) is 12.7 Å². The fourth-order valence-electron chi connectivity index (χ4n) is 4.27. The minimum absolute atomic E-state index is 0.123. The van der Waals surface area contributed by atoms with E-state index >= 15 is 0 Å². The quantitative estimate of drug-likeness (QED) is 0.461. The summed E-state index contributed by atoms with van der Waals surface area (Å²) in [6.07, 6.45) is 0. The van der Waals surface area contributed by atoms with Gasteiger partial charge >= 0.3 is 0 Å². The van der Waals surface area contributed by atoms with Crippen molar-refractivity contribution in [3.05, 3.63) is 77.2 Å². The van der Waals surface area contributed by atoms with Crippen molar-refractivity contribution in [2.24, 2.45) is 0 Å². The Morgan fingerprint density at radius 2 is 2.00 bits per heavy atom. The number of amides is 1. The number of phenolic OH excluding ortho intramolecular Hbond substituents is 1. The van der Waals surface area contributed by atoms with Crippen LogP contribution in [-0.2, 0) is 0 Å². The third kappa shape index (κ3) is 3.48. The van der Waals surface area contributed by atoms with Crippen molar-refractivity contribution < 1.29 is 14.3 Å². The van der Waals surface area contributed by atoms with Gasteiger partial charge in [0.2, 0.25) is 0 Å². The lowest BCUT2D eigenvalue weighted by atomic mass is 10.00. The average molecular weight is 431 g/mol. The van der Waals surface area contributed by atoms with E-state index in [1.807, 2.05) is 42.2 Å². The topological polar surface area (TPSA) is 94.1 Å². The normalized spacial score (nSPS) is 16.4. The smallest absolute Gasteiger partial charge is 0.255 e. The van der Waals surface area contributed by atoms with Crippen LogP contribution in [-0.4, -0.2) is 50.7 Å². The second-order valence-electron chi connectivity index (χ2n) is 7.90. The molecule has 7 nitrogen and oxygen atoms in total. The Bertz CT molecular complexity index is 1300. The number of nitrogens with one attached hydrogen (secondary N) is 2. The molecule has 162 valence electrons. The summed E-state index contributed by atoms with van der Waals surface area (Å²) in [4.78, 5) is 20.2. The zero-order chi connectivity index (χ0) is 22.2. The number of pyridine rings is 1. The summed E-state index contributed by atoms with van der Waals surface area (Å²) in [5.74, 6) is -0.949. The number of rotatable bonds is 3. The number of aryl methyl sites for hydroxylation is 1. The summed E-state index contributed by atoms with van der Waals surface area (Å²) in [7, 11) is 0. The Kier molecular flexibility index (Phi) is 5.07. The molecule has 0 spiro atoms. The molecule has 1 aliphatic rings. The molecule has 3 N–H and O–H groups in total. The van der Waals surface area contributed by atoms with Gasteiger partial charge in [-0.25, -0.2) is 9.37 Å². The first-order valence-corrected chi connectivity index (χ1v) is 10.4. The summed E-state index contributed by atoms with van der Waals surface area (Å²) >= 11 is 0. The lowest BCUT2D eigenvalue weighted by Crippen LogP contribution is -2.48. The number of aromatic amines is 1. The molecule has 2 aromatic heterocycles. The summed E-state index contributed by atoms with van der Waals surface area (Å²) in [6, 6.07) is 15.3. The van der Waals surface area contributed by atoms with Crippen molar-refractivity contribution in [1.82, 2.24) is 25.4 Å². The van der Waals surface area contributed by atoms with Crippen LogP contribution in [0.4, 0.5) is 4.39 Å². The number of carbonyl (C=O) groups is 1. The molecule has 0 unspecified atom stereocenters. The molecule has 32 heavy (non-hydrogen) atoms.